The van der Waals surface area contributed by atoms with Gasteiger partial charge in [0.25, 0.3) is 0 Å². The molecule has 0 unspecified atom stereocenters. The van der Waals surface area contributed by atoms with E-state index in [1.807, 2.05) is 66.6 Å². The van der Waals surface area contributed by atoms with Crippen molar-refractivity contribution in [3.05, 3.63) is 118 Å². The van der Waals surface area contributed by atoms with Gasteiger partial charge in [-0.15, -0.1) is 0 Å². The number of halogens is 2. The number of carbonyl (C=O) groups excluding carboxylic acids is 1. The van der Waals surface area contributed by atoms with Crippen LogP contribution in [0.1, 0.15) is 28.4 Å². The molecular formula is C26H21ClFN3O. The van der Waals surface area contributed by atoms with Crippen LogP contribution in [0.2, 0.25) is 5.02 Å². The summed E-state index contributed by atoms with van der Waals surface area (Å²) in [4.78, 5) is 15.4. The normalized spacial score (nSPS) is 15.0. The van der Waals surface area contributed by atoms with Crippen molar-refractivity contribution in [1.82, 2.24) is 9.47 Å². The zero-order valence-corrected chi connectivity index (χ0v) is 18.2. The fourth-order valence-electron chi connectivity index (χ4n) is 4.30. The molecule has 0 aliphatic carbocycles. The number of hydrogen-bond acceptors (Lipinski definition) is 1. The first kappa shape index (κ1) is 20.3. The Morgan fingerprint density at radius 3 is 2.69 bits per heavy atom. The molecule has 160 valence electrons. The summed E-state index contributed by atoms with van der Waals surface area (Å²) in [5.41, 5.74) is 5.65. The highest BCUT2D eigenvalue weighted by Crippen LogP contribution is 2.37. The second-order valence-corrected chi connectivity index (χ2v) is 8.34. The van der Waals surface area contributed by atoms with Crippen molar-refractivity contribution in [3.63, 3.8) is 0 Å². The van der Waals surface area contributed by atoms with Gasteiger partial charge in [-0.05, 0) is 54.4 Å². The molecule has 4 aromatic rings. The molecule has 1 aliphatic rings. The van der Waals surface area contributed by atoms with Gasteiger partial charge >= 0.3 is 6.03 Å². The van der Waals surface area contributed by atoms with Crippen LogP contribution >= 0.6 is 11.6 Å². The topological polar surface area (TPSA) is 37.3 Å². The number of nitrogens with one attached hydrogen (secondary N) is 1. The molecule has 1 aromatic heterocycles. The predicted molar refractivity (Wildman–Crippen MR) is 125 cm³/mol. The molecule has 1 atom stereocenters. The minimum Gasteiger partial charge on any atom is -0.318 e. The molecule has 6 heteroatoms. The number of urea groups is 1. The number of carbonyl (C=O) groups is 1. The van der Waals surface area contributed by atoms with Crippen LogP contribution in [0.3, 0.4) is 0 Å². The van der Waals surface area contributed by atoms with E-state index in [0.29, 0.717) is 12.2 Å². The number of rotatable bonds is 2. The van der Waals surface area contributed by atoms with Gasteiger partial charge < -0.3 is 14.8 Å². The van der Waals surface area contributed by atoms with Gasteiger partial charge in [-0.2, -0.15) is 0 Å². The van der Waals surface area contributed by atoms with Gasteiger partial charge in [0, 0.05) is 17.6 Å². The maximum atomic E-state index is 13.6. The van der Waals surface area contributed by atoms with Gasteiger partial charge in [0.05, 0.1) is 23.3 Å². The lowest BCUT2D eigenvalue weighted by Gasteiger charge is -2.31. The molecule has 0 spiro atoms. The van der Waals surface area contributed by atoms with E-state index in [4.69, 9.17) is 11.6 Å². The second-order valence-electron chi connectivity index (χ2n) is 7.94. The number of anilines is 1. The van der Waals surface area contributed by atoms with E-state index in [-0.39, 0.29) is 17.1 Å². The Morgan fingerprint density at radius 1 is 1.03 bits per heavy atom. The quantitative estimate of drug-likeness (QED) is 0.365. The van der Waals surface area contributed by atoms with E-state index in [2.05, 4.69) is 22.0 Å². The highest BCUT2D eigenvalue weighted by atomic mass is 35.5. The SMILES string of the molecule is Cc1cccc([C@@H]2c3cccn3-c3ccccc3CN2C(=O)Nc2ccc(F)c(Cl)c2)c1. The lowest BCUT2D eigenvalue weighted by molar-refractivity contribution is 0.194. The summed E-state index contributed by atoms with van der Waals surface area (Å²) >= 11 is 5.93. The van der Waals surface area contributed by atoms with Gasteiger partial charge in [-0.1, -0.05) is 59.6 Å². The van der Waals surface area contributed by atoms with E-state index < -0.39 is 5.82 Å². The maximum Gasteiger partial charge on any atom is 0.322 e. The number of hydrogen-bond donors (Lipinski definition) is 1. The van der Waals surface area contributed by atoms with Crippen molar-refractivity contribution in [3.8, 4) is 5.69 Å². The summed E-state index contributed by atoms with van der Waals surface area (Å²) in [5.74, 6) is -0.524. The van der Waals surface area contributed by atoms with Crippen LogP contribution in [0.5, 0.6) is 0 Å². The Labute approximate surface area is 190 Å². The molecule has 0 saturated heterocycles. The van der Waals surface area contributed by atoms with Crippen molar-refractivity contribution in [2.75, 3.05) is 5.32 Å². The third-order valence-corrected chi connectivity index (χ3v) is 6.04. The first-order valence-corrected chi connectivity index (χ1v) is 10.7. The van der Waals surface area contributed by atoms with Crippen molar-refractivity contribution in [2.24, 2.45) is 0 Å². The Bertz CT molecular complexity index is 1320. The largest absolute Gasteiger partial charge is 0.322 e. The molecule has 1 N–H and O–H groups in total. The molecule has 32 heavy (non-hydrogen) atoms. The Morgan fingerprint density at radius 2 is 1.88 bits per heavy atom. The molecule has 2 amide bonds. The highest BCUT2D eigenvalue weighted by molar-refractivity contribution is 6.31. The van der Waals surface area contributed by atoms with Gasteiger partial charge in [-0.25, -0.2) is 9.18 Å². The highest BCUT2D eigenvalue weighted by Gasteiger charge is 2.33. The molecule has 1 aliphatic heterocycles. The van der Waals surface area contributed by atoms with Crippen LogP contribution in [0.4, 0.5) is 14.9 Å². The predicted octanol–water partition coefficient (Wildman–Crippen LogP) is 6.72. The summed E-state index contributed by atoms with van der Waals surface area (Å²) in [6, 6.07) is 23.9. The van der Waals surface area contributed by atoms with Crippen molar-refractivity contribution in [1.29, 1.82) is 0 Å². The zero-order chi connectivity index (χ0) is 22.2. The number of para-hydroxylation sites is 1. The minimum absolute atomic E-state index is 0.0341. The number of nitrogens with zero attached hydrogens (tertiary/aromatic N) is 2. The number of aryl methyl sites for hydroxylation is 1. The van der Waals surface area contributed by atoms with Crippen molar-refractivity contribution in [2.45, 2.75) is 19.5 Å². The second kappa shape index (κ2) is 8.17. The third-order valence-electron chi connectivity index (χ3n) is 5.75. The molecular weight excluding hydrogens is 425 g/mol. The molecule has 0 fully saturated rings. The van der Waals surface area contributed by atoms with E-state index in [1.165, 1.54) is 18.2 Å². The summed E-state index contributed by atoms with van der Waals surface area (Å²) in [5, 5.41) is 2.87. The lowest BCUT2D eigenvalue weighted by Crippen LogP contribution is -2.38. The average Bonchev–Trinajstić information content (AvgIpc) is 3.20. The van der Waals surface area contributed by atoms with Gasteiger partial charge in [0.2, 0.25) is 0 Å². The third kappa shape index (κ3) is 3.65. The van der Waals surface area contributed by atoms with Crippen LogP contribution in [0.25, 0.3) is 5.69 Å². The van der Waals surface area contributed by atoms with Crippen LogP contribution < -0.4 is 5.32 Å². The smallest absolute Gasteiger partial charge is 0.318 e. The first-order chi connectivity index (χ1) is 15.5. The van der Waals surface area contributed by atoms with Crippen molar-refractivity contribution >= 4 is 23.3 Å². The zero-order valence-electron chi connectivity index (χ0n) is 17.4. The van der Waals surface area contributed by atoms with E-state index >= 15 is 0 Å². The van der Waals surface area contributed by atoms with Crippen molar-refractivity contribution < 1.29 is 9.18 Å². The van der Waals surface area contributed by atoms with Gasteiger partial charge in [0.15, 0.2) is 0 Å². The molecule has 5 rings (SSSR count). The molecule has 2 heterocycles. The lowest BCUT2D eigenvalue weighted by atomic mass is 10.00. The number of aromatic nitrogens is 1. The number of fused-ring (bicyclic) bond motifs is 3. The van der Waals surface area contributed by atoms with Crippen LogP contribution in [-0.4, -0.2) is 15.5 Å². The Hall–Kier alpha value is -3.57. The fraction of sp³-hybridized carbons (Fsp3) is 0.115. The van der Waals surface area contributed by atoms with E-state index in [1.54, 1.807) is 0 Å². The van der Waals surface area contributed by atoms with Gasteiger partial charge in [-0.3, -0.25) is 0 Å². The fourth-order valence-corrected chi connectivity index (χ4v) is 4.48. The Kier molecular flexibility index (Phi) is 5.19. The Balaban J connectivity index is 1.63. The standard InChI is InChI=1S/C26H21ClFN3O/c1-17-6-4-8-18(14-17)25-24-10-5-13-30(24)23-9-3-2-7-19(23)16-31(25)26(32)29-20-11-12-22(28)21(27)15-20/h2-15,25H,16H2,1H3,(H,29,32)/t25-/m1/s1. The van der Waals surface area contributed by atoms with Crippen LogP contribution in [0, 0.1) is 12.7 Å². The molecule has 0 radical (unpaired) electrons. The maximum absolute atomic E-state index is 13.6. The summed E-state index contributed by atoms with van der Waals surface area (Å²) < 4.78 is 15.7. The van der Waals surface area contributed by atoms with Gasteiger partial charge in [0.1, 0.15) is 5.82 Å². The van der Waals surface area contributed by atoms with Crippen LogP contribution in [0.15, 0.2) is 85.1 Å². The molecule has 0 saturated carbocycles. The summed E-state index contributed by atoms with van der Waals surface area (Å²) in [7, 11) is 0. The summed E-state index contributed by atoms with van der Waals surface area (Å²) in [6.45, 7) is 2.45. The van der Waals surface area contributed by atoms with E-state index in [9.17, 15) is 9.18 Å². The number of amides is 2. The average molecular weight is 446 g/mol. The molecule has 3 aromatic carbocycles. The number of benzene rings is 3. The van der Waals surface area contributed by atoms with Crippen LogP contribution in [-0.2, 0) is 6.54 Å². The monoisotopic (exact) mass is 445 g/mol. The first-order valence-electron chi connectivity index (χ1n) is 10.4. The van der Waals surface area contributed by atoms with E-state index in [0.717, 1.165) is 28.1 Å². The summed E-state index contributed by atoms with van der Waals surface area (Å²) in [6.07, 6.45) is 2.03. The minimum atomic E-state index is -0.524. The molecule has 0 bridgehead atoms. The molecule has 4 nitrogen and oxygen atoms in total.